The topological polar surface area (TPSA) is 75.7 Å². The summed E-state index contributed by atoms with van der Waals surface area (Å²) in [4.78, 5) is 14.3. The standard InChI is InChI=1S/C21H21Cl2FN2O4S/c1-31(28,29)25-21(27)17-8-16(12-2-3-12)13(6-19(17)24)9-26-10-15(11-26)30-20-5-4-14(22)7-18(20)23/h4-8,12,15H,2-3,9-11H2,1H3,(H,25,27). The van der Waals surface area contributed by atoms with Crippen molar-refractivity contribution in [2.45, 2.75) is 31.4 Å². The molecule has 0 atom stereocenters. The van der Waals surface area contributed by atoms with Gasteiger partial charge >= 0.3 is 0 Å². The minimum Gasteiger partial charge on any atom is -0.486 e. The van der Waals surface area contributed by atoms with Gasteiger partial charge in [0, 0.05) is 24.7 Å². The van der Waals surface area contributed by atoms with Gasteiger partial charge in [0.05, 0.1) is 16.8 Å². The second-order valence-electron chi connectivity index (χ2n) is 8.02. The lowest BCUT2D eigenvalue weighted by molar-refractivity contribution is 0.0144. The number of likely N-dealkylation sites (tertiary alicyclic amines) is 1. The van der Waals surface area contributed by atoms with Crippen molar-refractivity contribution in [2.75, 3.05) is 19.3 Å². The fourth-order valence-electron chi connectivity index (χ4n) is 3.66. The predicted molar refractivity (Wildman–Crippen MR) is 117 cm³/mol. The van der Waals surface area contributed by atoms with Crippen molar-refractivity contribution in [1.82, 2.24) is 9.62 Å². The number of ether oxygens (including phenoxy) is 1. The summed E-state index contributed by atoms with van der Waals surface area (Å²) in [7, 11) is -3.77. The van der Waals surface area contributed by atoms with Crippen LogP contribution in [0.15, 0.2) is 30.3 Å². The van der Waals surface area contributed by atoms with Crippen LogP contribution in [0.2, 0.25) is 10.0 Å². The highest BCUT2D eigenvalue weighted by molar-refractivity contribution is 7.89. The summed E-state index contributed by atoms with van der Waals surface area (Å²) >= 11 is 12.0. The summed E-state index contributed by atoms with van der Waals surface area (Å²) in [5.41, 5.74) is 1.45. The van der Waals surface area contributed by atoms with Crippen LogP contribution >= 0.6 is 23.2 Å². The first-order valence-electron chi connectivity index (χ1n) is 9.77. The summed E-state index contributed by atoms with van der Waals surface area (Å²) in [5, 5.41) is 0.989. The molecule has 1 aliphatic carbocycles. The number of halogens is 3. The van der Waals surface area contributed by atoms with Crippen LogP contribution in [0.4, 0.5) is 4.39 Å². The molecule has 10 heteroatoms. The number of carbonyl (C=O) groups excluding carboxylic acids is 1. The van der Waals surface area contributed by atoms with Crippen molar-refractivity contribution in [3.63, 3.8) is 0 Å². The fourth-order valence-corrected chi connectivity index (χ4v) is 4.56. The number of hydrogen-bond donors (Lipinski definition) is 1. The van der Waals surface area contributed by atoms with Crippen LogP contribution in [-0.2, 0) is 16.6 Å². The molecule has 1 saturated heterocycles. The van der Waals surface area contributed by atoms with E-state index in [0.29, 0.717) is 35.4 Å². The maximum Gasteiger partial charge on any atom is 0.267 e. The van der Waals surface area contributed by atoms with Gasteiger partial charge in [0.1, 0.15) is 17.7 Å². The van der Waals surface area contributed by atoms with E-state index < -0.39 is 21.7 Å². The van der Waals surface area contributed by atoms with E-state index in [1.807, 2.05) is 4.72 Å². The summed E-state index contributed by atoms with van der Waals surface area (Å²) in [6.45, 7) is 1.83. The van der Waals surface area contributed by atoms with E-state index in [-0.39, 0.29) is 17.6 Å². The summed E-state index contributed by atoms with van der Waals surface area (Å²) in [5.74, 6) is -0.851. The highest BCUT2D eigenvalue weighted by atomic mass is 35.5. The molecule has 0 unspecified atom stereocenters. The number of nitrogens with one attached hydrogen (secondary N) is 1. The van der Waals surface area contributed by atoms with Gasteiger partial charge in [-0.15, -0.1) is 0 Å². The number of rotatable bonds is 7. The molecule has 1 amide bonds. The third kappa shape index (κ3) is 5.49. The largest absolute Gasteiger partial charge is 0.486 e. The molecule has 1 aliphatic heterocycles. The third-order valence-corrected chi connectivity index (χ3v) is 6.36. The van der Waals surface area contributed by atoms with Crippen molar-refractivity contribution < 1.29 is 22.3 Å². The van der Waals surface area contributed by atoms with Crippen LogP contribution in [-0.4, -0.2) is 44.7 Å². The van der Waals surface area contributed by atoms with Crippen molar-refractivity contribution in [3.8, 4) is 5.75 Å². The van der Waals surface area contributed by atoms with Crippen LogP contribution in [0.3, 0.4) is 0 Å². The molecule has 0 spiro atoms. The van der Waals surface area contributed by atoms with Crippen molar-refractivity contribution in [1.29, 1.82) is 0 Å². The molecular weight excluding hydrogens is 466 g/mol. The molecule has 2 aliphatic rings. The van der Waals surface area contributed by atoms with E-state index in [4.69, 9.17) is 27.9 Å². The number of benzene rings is 2. The van der Waals surface area contributed by atoms with Gasteiger partial charge in [-0.1, -0.05) is 23.2 Å². The summed E-state index contributed by atoms with van der Waals surface area (Å²) in [6, 6.07) is 7.90. The zero-order valence-electron chi connectivity index (χ0n) is 16.7. The van der Waals surface area contributed by atoms with Crippen molar-refractivity contribution >= 4 is 39.1 Å². The third-order valence-electron chi connectivity index (χ3n) is 5.27. The summed E-state index contributed by atoms with van der Waals surface area (Å²) in [6.07, 6.45) is 2.75. The molecule has 0 radical (unpaired) electrons. The first-order valence-corrected chi connectivity index (χ1v) is 12.4. The van der Waals surface area contributed by atoms with Gasteiger partial charge in [0.15, 0.2) is 0 Å². The monoisotopic (exact) mass is 486 g/mol. The maximum absolute atomic E-state index is 14.6. The number of nitrogens with zero attached hydrogens (tertiary/aromatic N) is 1. The zero-order valence-corrected chi connectivity index (χ0v) is 19.0. The highest BCUT2D eigenvalue weighted by Gasteiger charge is 2.33. The van der Waals surface area contributed by atoms with E-state index in [1.54, 1.807) is 18.2 Å². The number of carbonyl (C=O) groups is 1. The van der Waals surface area contributed by atoms with Crippen LogP contribution in [0.5, 0.6) is 5.75 Å². The lowest BCUT2D eigenvalue weighted by Crippen LogP contribution is -2.53. The predicted octanol–water partition coefficient (Wildman–Crippen LogP) is 3.96. The van der Waals surface area contributed by atoms with Gasteiger partial charge in [0.2, 0.25) is 10.0 Å². The maximum atomic E-state index is 14.6. The second-order valence-corrected chi connectivity index (χ2v) is 10.6. The average Bonchev–Trinajstić information content (AvgIpc) is 3.45. The van der Waals surface area contributed by atoms with E-state index in [0.717, 1.165) is 30.2 Å². The van der Waals surface area contributed by atoms with Crippen LogP contribution in [0.1, 0.15) is 40.2 Å². The minimum absolute atomic E-state index is 0.0345. The molecule has 1 saturated carbocycles. The van der Waals surface area contributed by atoms with Gasteiger partial charge in [-0.3, -0.25) is 9.69 Å². The van der Waals surface area contributed by atoms with E-state index in [1.165, 1.54) is 12.1 Å². The van der Waals surface area contributed by atoms with Gasteiger partial charge in [-0.05, 0) is 60.2 Å². The Morgan fingerprint density at radius 3 is 2.55 bits per heavy atom. The van der Waals surface area contributed by atoms with Crippen LogP contribution < -0.4 is 9.46 Å². The molecule has 1 heterocycles. The van der Waals surface area contributed by atoms with E-state index in [9.17, 15) is 17.6 Å². The number of hydrogen-bond acceptors (Lipinski definition) is 5. The molecule has 166 valence electrons. The molecule has 2 aromatic rings. The highest BCUT2D eigenvalue weighted by Crippen LogP contribution is 2.43. The van der Waals surface area contributed by atoms with Gasteiger partial charge in [0.25, 0.3) is 5.91 Å². The average molecular weight is 487 g/mol. The van der Waals surface area contributed by atoms with Gasteiger partial charge in [-0.2, -0.15) is 0 Å². The molecule has 2 fully saturated rings. The second kappa shape index (κ2) is 8.58. The number of amides is 1. The lowest BCUT2D eigenvalue weighted by Gasteiger charge is -2.39. The molecule has 4 rings (SSSR count). The van der Waals surface area contributed by atoms with Crippen molar-refractivity contribution in [2.24, 2.45) is 0 Å². The Labute approximate surface area is 190 Å². The van der Waals surface area contributed by atoms with E-state index in [2.05, 4.69) is 4.90 Å². The normalized spacial score (nSPS) is 17.3. The van der Waals surface area contributed by atoms with Crippen LogP contribution in [0.25, 0.3) is 0 Å². The van der Waals surface area contributed by atoms with Crippen molar-refractivity contribution in [3.05, 3.63) is 62.9 Å². The first kappa shape index (κ1) is 22.3. The zero-order chi connectivity index (χ0) is 22.3. The number of sulfonamides is 1. The molecule has 2 aromatic carbocycles. The smallest absolute Gasteiger partial charge is 0.267 e. The molecule has 0 aromatic heterocycles. The molecule has 1 N–H and O–H groups in total. The fraction of sp³-hybridized carbons (Fsp3) is 0.381. The van der Waals surface area contributed by atoms with E-state index >= 15 is 0 Å². The summed E-state index contributed by atoms with van der Waals surface area (Å²) < 4.78 is 45.0. The minimum atomic E-state index is -3.77. The lowest BCUT2D eigenvalue weighted by atomic mass is 9.97. The Hall–Kier alpha value is -1.87. The molecule has 31 heavy (non-hydrogen) atoms. The molecule has 0 bridgehead atoms. The Kier molecular flexibility index (Phi) is 6.18. The Morgan fingerprint density at radius 2 is 1.94 bits per heavy atom. The van der Waals surface area contributed by atoms with Gasteiger partial charge in [-0.25, -0.2) is 17.5 Å². The Morgan fingerprint density at radius 1 is 1.23 bits per heavy atom. The first-order chi connectivity index (χ1) is 14.6. The van der Waals surface area contributed by atoms with Crippen LogP contribution in [0, 0.1) is 5.82 Å². The SMILES string of the molecule is CS(=O)(=O)NC(=O)c1cc(C2CC2)c(CN2CC(Oc3ccc(Cl)cc3Cl)C2)cc1F. The molecule has 6 nitrogen and oxygen atoms in total. The Balaban J connectivity index is 1.43. The molecular formula is C21H21Cl2FN2O4S. The quantitative estimate of drug-likeness (QED) is 0.640. The Bertz CT molecular complexity index is 1130. The van der Waals surface area contributed by atoms with Gasteiger partial charge < -0.3 is 4.74 Å².